The number of piperazine rings is 1. The molecular formula is C20H23N3O4S. The Hall–Kier alpha value is -2.60. The molecule has 0 aliphatic carbocycles. The first-order chi connectivity index (χ1) is 13.5. The van der Waals surface area contributed by atoms with E-state index in [2.05, 4.69) is 11.0 Å². The van der Waals surface area contributed by atoms with Crippen LogP contribution in [0, 0.1) is 11.3 Å². The molecule has 1 fully saturated rings. The van der Waals surface area contributed by atoms with Crippen molar-refractivity contribution < 1.29 is 17.9 Å². The Balaban J connectivity index is 1.73. The molecule has 0 amide bonds. The average molecular weight is 401 g/mol. The molecule has 8 heteroatoms. The maximum absolute atomic E-state index is 13.1. The van der Waals surface area contributed by atoms with Gasteiger partial charge in [0.15, 0.2) is 0 Å². The summed E-state index contributed by atoms with van der Waals surface area (Å²) >= 11 is 0. The van der Waals surface area contributed by atoms with Gasteiger partial charge in [0.05, 0.1) is 25.9 Å². The molecule has 7 nitrogen and oxygen atoms in total. The minimum absolute atomic E-state index is 0.109. The summed E-state index contributed by atoms with van der Waals surface area (Å²) in [5, 5.41) is 9.24. The zero-order valence-corrected chi connectivity index (χ0v) is 16.8. The largest absolute Gasteiger partial charge is 0.497 e. The number of methoxy groups -OCH3 is 2. The van der Waals surface area contributed by atoms with Gasteiger partial charge in [-0.2, -0.15) is 9.57 Å². The molecule has 0 atom stereocenters. The monoisotopic (exact) mass is 401 g/mol. The summed E-state index contributed by atoms with van der Waals surface area (Å²) in [6.07, 6.45) is 0. The van der Waals surface area contributed by atoms with E-state index in [4.69, 9.17) is 9.47 Å². The van der Waals surface area contributed by atoms with Crippen molar-refractivity contribution in [3.05, 3.63) is 53.6 Å². The van der Waals surface area contributed by atoms with Crippen molar-refractivity contribution >= 4 is 10.0 Å². The van der Waals surface area contributed by atoms with E-state index >= 15 is 0 Å². The molecule has 0 N–H and O–H groups in total. The van der Waals surface area contributed by atoms with Crippen LogP contribution in [0.3, 0.4) is 0 Å². The first kappa shape index (κ1) is 20.1. The topological polar surface area (TPSA) is 82.9 Å². The maximum atomic E-state index is 13.1. The molecule has 0 aromatic heterocycles. The molecular weight excluding hydrogens is 378 g/mol. The van der Waals surface area contributed by atoms with Crippen LogP contribution in [0.15, 0.2) is 47.4 Å². The molecule has 0 spiro atoms. The van der Waals surface area contributed by atoms with E-state index in [-0.39, 0.29) is 4.90 Å². The first-order valence-electron chi connectivity index (χ1n) is 8.92. The molecule has 0 unspecified atom stereocenters. The molecule has 1 aliphatic rings. The van der Waals surface area contributed by atoms with E-state index in [0.29, 0.717) is 49.8 Å². The van der Waals surface area contributed by atoms with Crippen LogP contribution in [0.5, 0.6) is 11.5 Å². The number of hydrogen-bond acceptors (Lipinski definition) is 6. The number of sulfonamides is 1. The number of ether oxygens (including phenoxy) is 2. The van der Waals surface area contributed by atoms with E-state index in [0.717, 1.165) is 5.56 Å². The van der Waals surface area contributed by atoms with E-state index < -0.39 is 10.0 Å². The van der Waals surface area contributed by atoms with Gasteiger partial charge in [0.1, 0.15) is 16.4 Å². The van der Waals surface area contributed by atoms with E-state index in [1.54, 1.807) is 18.2 Å². The van der Waals surface area contributed by atoms with E-state index in [1.165, 1.54) is 24.6 Å². The fourth-order valence-electron chi connectivity index (χ4n) is 3.26. The van der Waals surface area contributed by atoms with Crippen molar-refractivity contribution in [1.82, 2.24) is 9.21 Å². The van der Waals surface area contributed by atoms with Crippen LogP contribution in [-0.2, 0) is 16.6 Å². The maximum Gasteiger partial charge on any atom is 0.246 e. The second kappa shape index (κ2) is 8.61. The highest BCUT2D eigenvalue weighted by Gasteiger charge is 2.31. The lowest BCUT2D eigenvalue weighted by Gasteiger charge is -2.34. The van der Waals surface area contributed by atoms with Crippen LogP contribution in [0.4, 0.5) is 0 Å². The predicted octanol–water partition coefficient (Wildman–Crippen LogP) is 2.08. The summed E-state index contributed by atoms with van der Waals surface area (Å²) in [5.41, 5.74) is 1.61. The van der Waals surface area contributed by atoms with Gasteiger partial charge in [0, 0.05) is 38.8 Å². The second-order valence-corrected chi connectivity index (χ2v) is 8.37. The fourth-order valence-corrected chi connectivity index (χ4v) is 4.85. The highest BCUT2D eigenvalue weighted by molar-refractivity contribution is 7.89. The molecule has 0 saturated carbocycles. The number of benzene rings is 2. The minimum atomic E-state index is -3.70. The normalized spacial score (nSPS) is 15.8. The minimum Gasteiger partial charge on any atom is -0.497 e. The van der Waals surface area contributed by atoms with Gasteiger partial charge in [-0.05, 0) is 23.8 Å². The number of rotatable bonds is 6. The lowest BCUT2D eigenvalue weighted by Crippen LogP contribution is -2.48. The Morgan fingerprint density at radius 2 is 1.75 bits per heavy atom. The van der Waals surface area contributed by atoms with Crippen LogP contribution >= 0.6 is 0 Å². The van der Waals surface area contributed by atoms with Gasteiger partial charge in [0.25, 0.3) is 0 Å². The lowest BCUT2D eigenvalue weighted by molar-refractivity contribution is 0.181. The van der Waals surface area contributed by atoms with E-state index in [9.17, 15) is 13.7 Å². The zero-order valence-electron chi connectivity index (χ0n) is 16.0. The summed E-state index contributed by atoms with van der Waals surface area (Å²) in [4.78, 5) is 2.27. The zero-order chi connectivity index (χ0) is 20.1. The number of nitrogens with zero attached hydrogens (tertiary/aromatic N) is 3. The second-order valence-electron chi connectivity index (χ2n) is 6.47. The van der Waals surface area contributed by atoms with Crippen LogP contribution in [0.25, 0.3) is 0 Å². The van der Waals surface area contributed by atoms with Crippen LogP contribution in [0.1, 0.15) is 11.1 Å². The molecule has 2 aromatic carbocycles. The molecule has 0 radical (unpaired) electrons. The average Bonchev–Trinajstić information content (AvgIpc) is 2.74. The molecule has 28 heavy (non-hydrogen) atoms. The first-order valence-corrected chi connectivity index (χ1v) is 10.4. The Kier molecular flexibility index (Phi) is 6.19. The van der Waals surface area contributed by atoms with Crippen molar-refractivity contribution in [3.8, 4) is 17.6 Å². The Morgan fingerprint density at radius 1 is 1.04 bits per heavy atom. The Morgan fingerprint density at radius 3 is 2.39 bits per heavy atom. The van der Waals surface area contributed by atoms with Crippen LogP contribution in [0.2, 0.25) is 0 Å². The van der Waals surface area contributed by atoms with Gasteiger partial charge < -0.3 is 9.47 Å². The van der Waals surface area contributed by atoms with Gasteiger partial charge in [-0.3, -0.25) is 4.90 Å². The highest BCUT2D eigenvalue weighted by Crippen LogP contribution is 2.31. The van der Waals surface area contributed by atoms with Gasteiger partial charge >= 0.3 is 0 Å². The Labute approximate surface area is 165 Å². The molecule has 1 saturated heterocycles. The number of hydrogen-bond donors (Lipinski definition) is 0. The van der Waals surface area contributed by atoms with E-state index in [1.807, 2.05) is 18.2 Å². The third kappa shape index (κ3) is 4.12. The highest BCUT2D eigenvalue weighted by atomic mass is 32.2. The lowest BCUT2D eigenvalue weighted by atomic mass is 10.1. The molecule has 1 heterocycles. The van der Waals surface area contributed by atoms with Crippen molar-refractivity contribution in [1.29, 1.82) is 5.26 Å². The van der Waals surface area contributed by atoms with Crippen LogP contribution < -0.4 is 9.47 Å². The quantitative estimate of drug-likeness (QED) is 0.737. The van der Waals surface area contributed by atoms with Crippen LogP contribution in [-0.4, -0.2) is 58.0 Å². The molecule has 148 valence electrons. The third-order valence-corrected chi connectivity index (χ3v) is 6.77. The summed E-state index contributed by atoms with van der Waals surface area (Å²) in [6.45, 7) is 2.55. The van der Waals surface area contributed by atoms with Crippen molar-refractivity contribution in [3.63, 3.8) is 0 Å². The molecule has 1 aliphatic heterocycles. The summed E-state index contributed by atoms with van der Waals surface area (Å²) in [5.74, 6) is 0.761. The van der Waals surface area contributed by atoms with Gasteiger partial charge in [-0.15, -0.1) is 0 Å². The summed E-state index contributed by atoms with van der Waals surface area (Å²) in [6, 6.07) is 14.4. The smallest absolute Gasteiger partial charge is 0.246 e. The van der Waals surface area contributed by atoms with Gasteiger partial charge in [-0.25, -0.2) is 8.42 Å². The van der Waals surface area contributed by atoms with Crippen molar-refractivity contribution in [2.45, 2.75) is 11.4 Å². The summed E-state index contributed by atoms with van der Waals surface area (Å²) < 4.78 is 38.1. The Bertz CT molecular complexity index is 977. The molecule has 3 rings (SSSR count). The SMILES string of the molecule is COc1ccc(OC)c(S(=O)(=O)N2CCN(Cc3ccccc3C#N)CC2)c1. The van der Waals surface area contributed by atoms with Crippen molar-refractivity contribution in [2.24, 2.45) is 0 Å². The number of nitriles is 1. The van der Waals surface area contributed by atoms with Gasteiger partial charge in [0.2, 0.25) is 10.0 Å². The summed E-state index contributed by atoms with van der Waals surface area (Å²) in [7, 11) is -0.751. The fraction of sp³-hybridized carbons (Fsp3) is 0.350. The molecule has 2 aromatic rings. The third-order valence-electron chi connectivity index (χ3n) is 4.85. The van der Waals surface area contributed by atoms with Crippen molar-refractivity contribution in [2.75, 3.05) is 40.4 Å². The molecule has 0 bridgehead atoms. The standard InChI is InChI=1S/C20H23N3O4S/c1-26-18-7-8-19(27-2)20(13-18)28(24,25)23-11-9-22(10-12-23)15-17-6-4-3-5-16(17)14-21/h3-8,13H,9-12,15H2,1-2H3. The van der Waals surface area contributed by atoms with Gasteiger partial charge in [-0.1, -0.05) is 18.2 Å². The predicted molar refractivity (Wildman–Crippen MR) is 105 cm³/mol.